The molecule has 0 aromatic carbocycles. The van der Waals surface area contributed by atoms with Crippen molar-refractivity contribution < 1.29 is 13.2 Å². The molecule has 1 rings (SSSR count). The van der Waals surface area contributed by atoms with Crippen molar-refractivity contribution in [2.24, 2.45) is 0 Å². The van der Waals surface area contributed by atoms with E-state index in [0.29, 0.717) is 0 Å². The van der Waals surface area contributed by atoms with Crippen LogP contribution in [0.25, 0.3) is 0 Å². The highest BCUT2D eigenvalue weighted by Gasteiger charge is 2.34. The summed E-state index contributed by atoms with van der Waals surface area (Å²) in [5, 5.41) is 0. The van der Waals surface area contributed by atoms with Gasteiger partial charge in [-0.15, -0.1) is 0 Å². The first kappa shape index (κ1) is 7.97. The van der Waals surface area contributed by atoms with Crippen LogP contribution in [-0.4, -0.2) is 9.97 Å². The lowest BCUT2D eigenvalue weighted by molar-refractivity contribution is -0.141. The van der Waals surface area contributed by atoms with Crippen LogP contribution in [0.5, 0.6) is 0 Å². The van der Waals surface area contributed by atoms with E-state index in [1.54, 1.807) is 0 Å². The van der Waals surface area contributed by atoms with Crippen LogP contribution in [0.3, 0.4) is 0 Å². The number of hydrogen-bond donors (Lipinski definition) is 0. The van der Waals surface area contributed by atoms with Crippen molar-refractivity contribution in [2.75, 3.05) is 0 Å². The van der Waals surface area contributed by atoms with Gasteiger partial charge in [-0.25, -0.2) is 9.97 Å². The Kier molecular flexibility index (Phi) is 1.80. The second-order valence-corrected chi connectivity index (χ2v) is 1.89. The zero-order valence-corrected chi connectivity index (χ0v) is 5.39. The minimum absolute atomic E-state index is 0.208. The van der Waals surface area contributed by atoms with Crippen LogP contribution in [0.4, 0.5) is 13.2 Å². The van der Waals surface area contributed by atoms with E-state index in [-0.39, 0.29) is 5.56 Å². The van der Waals surface area contributed by atoms with E-state index in [1.807, 2.05) is 0 Å². The lowest BCUT2D eigenvalue weighted by atomic mass is 10.2. The number of rotatable bonds is 0. The average molecular weight is 161 g/mol. The van der Waals surface area contributed by atoms with Crippen LogP contribution in [0.1, 0.15) is 11.3 Å². The van der Waals surface area contributed by atoms with Crippen LogP contribution in [0.15, 0.2) is 12.5 Å². The molecule has 1 radical (unpaired) electrons. The van der Waals surface area contributed by atoms with Gasteiger partial charge in [0.1, 0.15) is 6.33 Å². The molecule has 0 aliphatic heterocycles. The lowest BCUT2D eigenvalue weighted by Crippen LogP contribution is -2.10. The molecule has 0 saturated heterocycles. The Labute approximate surface area is 61.1 Å². The van der Waals surface area contributed by atoms with Crippen molar-refractivity contribution in [3.8, 4) is 0 Å². The molecule has 2 nitrogen and oxygen atoms in total. The van der Waals surface area contributed by atoms with Gasteiger partial charge in [0, 0.05) is 11.8 Å². The van der Waals surface area contributed by atoms with Gasteiger partial charge in [0.2, 0.25) is 0 Å². The molecule has 0 fully saturated rings. The number of aromatic nitrogens is 2. The van der Waals surface area contributed by atoms with E-state index < -0.39 is 11.9 Å². The quantitative estimate of drug-likeness (QED) is 0.578. The van der Waals surface area contributed by atoms with Crippen LogP contribution in [0, 0.1) is 6.92 Å². The highest BCUT2D eigenvalue weighted by Crippen LogP contribution is 2.28. The molecule has 0 spiro atoms. The first-order chi connectivity index (χ1) is 5.02. The van der Waals surface area contributed by atoms with Gasteiger partial charge in [-0.1, -0.05) is 0 Å². The Bertz CT molecular complexity index is 256. The number of alkyl halides is 3. The van der Waals surface area contributed by atoms with Crippen LogP contribution < -0.4 is 0 Å². The summed E-state index contributed by atoms with van der Waals surface area (Å²) >= 11 is 0. The molecule has 59 valence electrons. The molecule has 0 atom stereocenters. The van der Waals surface area contributed by atoms with Gasteiger partial charge in [-0.05, 0) is 6.92 Å². The molecule has 0 aliphatic rings. The van der Waals surface area contributed by atoms with Crippen LogP contribution >= 0.6 is 0 Å². The molecule has 0 bridgehead atoms. The fourth-order valence-electron chi connectivity index (χ4n) is 0.614. The fraction of sp³-hybridized carbons (Fsp3) is 0.167. The molecule has 0 N–H and O–H groups in total. The smallest absolute Gasteiger partial charge is 0.245 e. The predicted molar refractivity (Wildman–Crippen MR) is 31.5 cm³/mol. The second kappa shape index (κ2) is 2.48. The van der Waals surface area contributed by atoms with Crippen molar-refractivity contribution in [1.82, 2.24) is 9.97 Å². The first-order valence-electron chi connectivity index (χ1n) is 2.71. The largest absolute Gasteiger partial charge is 0.433 e. The van der Waals surface area contributed by atoms with Crippen molar-refractivity contribution in [3.05, 3.63) is 30.7 Å². The van der Waals surface area contributed by atoms with E-state index in [4.69, 9.17) is 0 Å². The molecule has 5 heteroatoms. The van der Waals surface area contributed by atoms with Gasteiger partial charge in [0.05, 0.1) is 0 Å². The van der Waals surface area contributed by atoms with E-state index in [2.05, 4.69) is 16.9 Å². The summed E-state index contributed by atoms with van der Waals surface area (Å²) in [6, 6.07) is 0. The predicted octanol–water partition coefficient (Wildman–Crippen LogP) is 1.68. The van der Waals surface area contributed by atoms with Gasteiger partial charge < -0.3 is 0 Å². The second-order valence-electron chi connectivity index (χ2n) is 1.89. The SMILES string of the molecule is [CH2]c1cncnc1C(F)(F)F. The molecule has 0 aliphatic carbocycles. The number of halogens is 3. The maximum absolute atomic E-state index is 11.9. The Morgan fingerprint density at radius 1 is 1.36 bits per heavy atom. The Morgan fingerprint density at radius 3 is 2.36 bits per heavy atom. The summed E-state index contributed by atoms with van der Waals surface area (Å²) in [6.45, 7) is 3.14. The van der Waals surface area contributed by atoms with Gasteiger partial charge in [0.25, 0.3) is 0 Å². The zero-order chi connectivity index (χ0) is 8.48. The molecule has 1 aromatic heterocycles. The Balaban J connectivity index is 3.14. The highest BCUT2D eigenvalue weighted by molar-refractivity contribution is 5.21. The summed E-state index contributed by atoms with van der Waals surface area (Å²) in [4.78, 5) is 6.44. The molecule has 11 heavy (non-hydrogen) atoms. The van der Waals surface area contributed by atoms with E-state index in [9.17, 15) is 13.2 Å². The summed E-state index contributed by atoms with van der Waals surface area (Å²) < 4.78 is 35.8. The highest BCUT2D eigenvalue weighted by atomic mass is 19.4. The molecule has 0 saturated carbocycles. The standard InChI is InChI=1S/C6H4F3N2/c1-4-2-10-3-11-5(4)6(7,8)9/h2-3H,1H2. The van der Waals surface area contributed by atoms with Crippen molar-refractivity contribution in [1.29, 1.82) is 0 Å². The van der Waals surface area contributed by atoms with Gasteiger partial charge in [-0.2, -0.15) is 13.2 Å². The van der Waals surface area contributed by atoms with Crippen LogP contribution in [-0.2, 0) is 6.18 Å². The first-order valence-corrected chi connectivity index (χ1v) is 2.71. The van der Waals surface area contributed by atoms with E-state index >= 15 is 0 Å². The fourth-order valence-corrected chi connectivity index (χ4v) is 0.614. The number of hydrogen-bond acceptors (Lipinski definition) is 2. The monoisotopic (exact) mass is 161 g/mol. The summed E-state index contributed by atoms with van der Waals surface area (Å²) in [7, 11) is 0. The van der Waals surface area contributed by atoms with Gasteiger partial charge in [0.15, 0.2) is 5.69 Å². The Hall–Kier alpha value is -1.13. The lowest BCUT2D eigenvalue weighted by Gasteiger charge is -2.06. The van der Waals surface area contributed by atoms with Crippen LogP contribution in [0.2, 0.25) is 0 Å². The van der Waals surface area contributed by atoms with E-state index in [0.717, 1.165) is 12.5 Å². The van der Waals surface area contributed by atoms with Gasteiger partial charge >= 0.3 is 6.18 Å². The number of nitrogens with zero attached hydrogens (tertiary/aromatic N) is 2. The third kappa shape index (κ3) is 1.66. The molecule has 0 unspecified atom stereocenters. The third-order valence-corrected chi connectivity index (χ3v) is 1.06. The van der Waals surface area contributed by atoms with Crippen molar-refractivity contribution >= 4 is 0 Å². The molecular weight excluding hydrogens is 157 g/mol. The zero-order valence-electron chi connectivity index (χ0n) is 5.39. The molecule has 1 aromatic rings. The third-order valence-electron chi connectivity index (χ3n) is 1.06. The maximum Gasteiger partial charge on any atom is 0.433 e. The average Bonchev–Trinajstić information content (AvgIpc) is 1.86. The molecule has 0 amide bonds. The normalized spacial score (nSPS) is 11.6. The molecular formula is C6H4F3N2. The van der Waals surface area contributed by atoms with E-state index in [1.165, 1.54) is 0 Å². The molecule has 1 heterocycles. The minimum atomic E-state index is -4.43. The maximum atomic E-state index is 11.9. The summed E-state index contributed by atoms with van der Waals surface area (Å²) in [5.74, 6) is 0. The van der Waals surface area contributed by atoms with Crippen molar-refractivity contribution in [3.63, 3.8) is 0 Å². The summed E-state index contributed by atoms with van der Waals surface area (Å²) in [6.07, 6.45) is -2.56. The Morgan fingerprint density at radius 2 is 2.00 bits per heavy atom. The topological polar surface area (TPSA) is 25.8 Å². The minimum Gasteiger partial charge on any atom is -0.245 e. The van der Waals surface area contributed by atoms with Gasteiger partial charge in [-0.3, -0.25) is 0 Å². The summed E-state index contributed by atoms with van der Waals surface area (Å²) in [5.41, 5.74) is -1.19. The van der Waals surface area contributed by atoms with Crippen molar-refractivity contribution in [2.45, 2.75) is 6.18 Å².